The van der Waals surface area contributed by atoms with Gasteiger partial charge >= 0.3 is 7.82 Å². The molecule has 3 aromatic heterocycles. The fraction of sp³-hybridized carbons (Fsp3) is 0.0952. The van der Waals surface area contributed by atoms with Crippen LogP contribution in [-0.2, 0) is 17.6 Å². The Morgan fingerprint density at radius 3 is 2.41 bits per heavy atom. The van der Waals surface area contributed by atoms with E-state index in [0.717, 1.165) is 11.1 Å². The number of benzene rings is 1. The Labute approximate surface area is 183 Å². The number of pyridine rings is 2. The standard InChI is InChI=1S/C21H18N3O6P.H3N/c25-31(26,27)30-21-18(4-3-11-23-21)19-13-17(24-29-19)12-15-6-8-16(9-7-15)14-28-20-5-1-2-10-22-20;/h1-11,13H,12,14H2,(H2,25,26,27);1H3. The molecule has 0 spiro atoms. The molecule has 10 nitrogen and oxygen atoms in total. The zero-order valence-electron chi connectivity index (χ0n) is 16.9. The molecule has 0 bridgehead atoms. The van der Waals surface area contributed by atoms with Gasteiger partial charge in [-0.1, -0.05) is 35.5 Å². The first-order chi connectivity index (χ1) is 15.0. The highest BCUT2D eigenvalue weighted by Crippen LogP contribution is 2.40. The van der Waals surface area contributed by atoms with Crippen LogP contribution in [0.2, 0.25) is 0 Å². The summed E-state index contributed by atoms with van der Waals surface area (Å²) in [5, 5.41) is 4.04. The summed E-state index contributed by atoms with van der Waals surface area (Å²) < 4.78 is 26.8. The van der Waals surface area contributed by atoms with Crippen LogP contribution in [0.5, 0.6) is 11.8 Å². The molecule has 0 saturated carbocycles. The third-order valence-electron chi connectivity index (χ3n) is 4.23. The number of phosphoric ester groups is 1. The molecule has 0 fully saturated rings. The Morgan fingerprint density at radius 2 is 1.69 bits per heavy atom. The number of nitrogens with zero attached hydrogens (tertiary/aromatic N) is 3. The minimum Gasteiger partial charge on any atom is -0.473 e. The van der Waals surface area contributed by atoms with Crippen molar-refractivity contribution in [2.75, 3.05) is 0 Å². The SMILES string of the molecule is N.O=P(O)(O)Oc1ncccc1-c1cc(Cc2ccc(COc3ccccn3)cc2)no1. The minimum absolute atomic E-state index is 0. The summed E-state index contributed by atoms with van der Waals surface area (Å²) in [5.41, 5.74) is 2.97. The van der Waals surface area contributed by atoms with Crippen molar-refractivity contribution < 1.29 is 28.1 Å². The van der Waals surface area contributed by atoms with Crippen molar-refractivity contribution in [2.45, 2.75) is 13.0 Å². The van der Waals surface area contributed by atoms with Gasteiger partial charge in [0.15, 0.2) is 5.76 Å². The summed E-state index contributed by atoms with van der Waals surface area (Å²) in [6.07, 6.45) is 3.56. The summed E-state index contributed by atoms with van der Waals surface area (Å²) >= 11 is 0. The van der Waals surface area contributed by atoms with Gasteiger partial charge in [0, 0.05) is 30.9 Å². The van der Waals surface area contributed by atoms with Gasteiger partial charge in [0.05, 0.1) is 11.3 Å². The van der Waals surface area contributed by atoms with Crippen LogP contribution in [0.1, 0.15) is 16.8 Å². The average Bonchev–Trinajstić information content (AvgIpc) is 3.21. The minimum atomic E-state index is -4.75. The fourth-order valence-corrected chi connectivity index (χ4v) is 3.21. The molecular formula is C21H21N4O6P. The second-order valence-corrected chi connectivity index (χ2v) is 7.73. The van der Waals surface area contributed by atoms with Gasteiger partial charge in [0.1, 0.15) is 6.61 Å². The Bertz CT molecular complexity index is 1190. The van der Waals surface area contributed by atoms with Crippen molar-refractivity contribution in [1.29, 1.82) is 0 Å². The van der Waals surface area contributed by atoms with E-state index in [4.69, 9.17) is 19.0 Å². The van der Waals surface area contributed by atoms with E-state index >= 15 is 0 Å². The van der Waals surface area contributed by atoms with Crippen LogP contribution in [0.3, 0.4) is 0 Å². The molecule has 0 aliphatic rings. The second-order valence-electron chi connectivity index (χ2n) is 6.57. The molecule has 0 aliphatic heterocycles. The molecule has 11 heteroatoms. The molecule has 166 valence electrons. The molecule has 0 amide bonds. The van der Waals surface area contributed by atoms with Crippen LogP contribution in [0.25, 0.3) is 11.3 Å². The lowest BCUT2D eigenvalue weighted by molar-refractivity contribution is 0.279. The van der Waals surface area contributed by atoms with Crippen molar-refractivity contribution in [3.05, 3.63) is 89.9 Å². The lowest BCUT2D eigenvalue weighted by atomic mass is 10.1. The smallest absolute Gasteiger partial charge is 0.473 e. The predicted octanol–water partition coefficient (Wildman–Crippen LogP) is 3.93. The Morgan fingerprint density at radius 1 is 0.938 bits per heavy atom. The van der Waals surface area contributed by atoms with E-state index in [0.29, 0.717) is 35.9 Å². The maximum atomic E-state index is 11.2. The first-order valence-electron chi connectivity index (χ1n) is 9.24. The highest BCUT2D eigenvalue weighted by atomic mass is 31.2. The van der Waals surface area contributed by atoms with Crippen molar-refractivity contribution in [1.82, 2.24) is 21.3 Å². The predicted molar refractivity (Wildman–Crippen MR) is 115 cm³/mol. The number of ether oxygens (including phenoxy) is 1. The van der Waals surface area contributed by atoms with Crippen LogP contribution in [0.4, 0.5) is 0 Å². The molecule has 0 aliphatic carbocycles. The molecule has 4 rings (SSSR count). The lowest BCUT2D eigenvalue weighted by Gasteiger charge is -2.08. The van der Waals surface area contributed by atoms with E-state index in [9.17, 15) is 4.57 Å². The van der Waals surface area contributed by atoms with Crippen LogP contribution in [0, 0.1) is 0 Å². The van der Waals surface area contributed by atoms with Gasteiger partial charge in [-0.3, -0.25) is 9.79 Å². The molecule has 0 unspecified atom stereocenters. The van der Waals surface area contributed by atoms with E-state index in [1.165, 1.54) is 6.20 Å². The van der Waals surface area contributed by atoms with Crippen LogP contribution >= 0.6 is 7.82 Å². The number of aromatic nitrogens is 3. The molecule has 0 atom stereocenters. The normalized spacial score (nSPS) is 10.9. The monoisotopic (exact) mass is 456 g/mol. The van der Waals surface area contributed by atoms with E-state index < -0.39 is 7.82 Å². The zero-order chi connectivity index (χ0) is 21.7. The second kappa shape index (κ2) is 10.2. The number of hydrogen-bond acceptors (Lipinski definition) is 8. The molecule has 3 heterocycles. The van der Waals surface area contributed by atoms with E-state index in [-0.39, 0.29) is 12.0 Å². The van der Waals surface area contributed by atoms with E-state index in [1.54, 1.807) is 30.5 Å². The van der Waals surface area contributed by atoms with Gasteiger partial charge < -0.3 is 19.9 Å². The van der Waals surface area contributed by atoms with Crippen LogP contribution in [0.15, 0.2) is 77.6 Å². The lowest BCUT2D eigenvalue weighted by Crippen LogP contribution is -1.97. The Balaban J connectivity index is 0.00000289. The van der Waals surface area contributed by atoms with Gasteiger partial charge in [0.25, 0.3) is 0 Å². The first-order valence-corrected chi connectivity index (χ1v) is 10.8. The van der Waals surface area contributed by atoms with Crippen LogP contribution < -0.4 is 15.4 Å². The van der Waals surface area contributed by atoms with Gasteiger partial charge in [0.2, 0.25) is 11.8 Å². The van der Waals surface area contributed by atoms with Crippen molar-refractivity contribution in [3.8, 4) is 23.1 Å². The maximum Gasteiger partial charge on any atom is 0.526 e. The van der Waals surface area contributed by atoms with Crippen molar-refractivity contribution >= 4 is 7.82 Å². The highest BCUT2D eigenvalue weighted by Gasteiger charge is 2.22. The topological polar surface area (TPSA) is 163 Å². The number of hydrogen-bond donors (Lipinski definition) is 3. The summed E-state index contributed by atoms with van der Waals surface area (Å²) in [6, 6.07) is 18.2. The number of rotatable bonds is 8. The van der Waals surface area contributed by atoms with E-state index in [2.05, 4.69) is 19.6 Å². The maximum absolute atomic E-state index is 11.2. The van der Waals surface area contributed by atoms with Crippen LogP contribution in [-0.4, -0.2) is 24.9 Å². The summed E-state index contributed by atoms with van der Waals surface area (Å²) in [5.74, 6) is 0.641. The summed E-state index contributed by atoms with van der Waals surface area (Å²) in [4.78, 5) is 26.1. The number of phosphoric acid groups is 1. The van der Waals surface area contributed by atoms with Gasteiger partial charge in [-0.15, -0.1) is 0 Å². The Hall–Kier alpha value is -3.56. The summed E-state index contributed by atoms with van der Waals surface area (Å²) in [7, 11) is -4.75. The molecule has 4 aromatic rings. The molecule has 0 radical (unpaired) electrons. The average molecular weight is 456 g/mol. The van der Waals surface area contributed by atoms with Gasteiger partial charge in [-0.2, -0.15) is 0 Å². The molecule has 5 N–H and O–H groups in total. The zero-order valence-corrected chi connectivity index (χ0v) is 17.8. The first kappa shape index (κ1) is 23.1. The molecule has 1 aromatic carbocycles. The highest BCUT2D eigenvalue weighted by molar-refractivity contribution is 7.46. The third-order valence-corrected chi connectivity index (χ3v) is 4.64. The fourth-order valence-electron chi connectivity index (χ4n) is 2.84. The Kier molecular flexibility index (Phi) is 7.34. The quantitative estimate of drug-likeness (QED) is 0.331. The van der Waals surface area contributed by atoms with Crippen molar-refractivity contribution in [3.63, 3.8) is 0 Å². The van der Waals surface area contributed by atoms with Gasteiger partial charge in [-0.05, 0) is 29.3 Å². The molecule has 32 heavy (non-hydrogen) atoms. The third kappa shape index (κ3) is 6.22. The molecular weight excluding hydrogens is 435 g/mol. The van der Waals surface area contributed by atoms with Crippen molar-refractivity contribution in [2.24, 2.45) is 0 Å². The molecule has 0 saturated heterocycles. The van der Waals surface area contributed by atoms with E-state index in [1.807, 2.05) is 36.4 Å². The van der Waals surface area contributed by atoms with Gasteiger partial charge in [-0.25, -0.2) is 14.5 Å². The summed E-state index contributed by atoms with van der Waals surface area (Å²) in [6.45, 7) is 0.411. The largest absolute Gasteiger partial charge is 0.526 e.